The molecule has 1 aromatic heterocycles. The second kappa shape index (κ2) is 10.4. The Bertz CT molecular complexity index is 426. The lowest BCUT2D eigenvalue weighted by atomic mass is 9.88. The zero-order valence-electron chi connectivity index (χ0n) is 13.1. The van der Waals surface area contributed by atoms with Gasteiger partial charge in [0.2, 0.25) is 5.91 Å². The molecule has 124 valence electrons. The highest BCUT2D eigenvalue weighted by Gasteiger charge is 2.28. The van der Waals surface area contributed by atoms with Gasteiger partial charge >= 0.3 is 0 Å². The van der Waals surface area contributed by atoms with E-state index in [1.54, 1.807) is 11.3 Å². The lowest BCUT2D eigenvalue weighted by molar-refractivity contribution is -0.123. The molecule has 3 N–H and O–H groups in total. The molecular weight excluding hydrogens is 329 g/mol. The number of amides is 1. The highest BCUT2D eigenvalue weighted by atomic mass is 35.5. The summed E-state index contributed by atoms with van der Waals surface area (Å²) in [6.45, 7) is 8.60. The van der Waals surface area contributed by atoms with Crippen LogP contribution in [0.25, 0.3) is 0 Å². The number of halogens is 2. The quantitative estimate of drug-likeness (QED) is 0.789. The topological polar surface area (TPSA) is 68.0 Å². The zero-order valence-corrected chi connectivity index (χ0v) is 15.6. The van der Waals surface area contributed by atoms with Gasteiger partial charge in [0.15, 0.2) is 0 Å². The van der Waals surface area contributed by atoms with E-state index in [0.29, 0.717) is 18.9 Å². The molecule has 0 bridgehead atoms. The van der Waals surface area contributed by atoms with E-state index in [2.05, 4.69) is 29.5 Å². The molecule has 1 atom stereocenters. The molecule has 0 radical (unpaired) electrons. The minimum Gasteiger partial charge on any atom is -0.349 e. The maximum Gasteiger partial charge on any atom is 0.220 e. The molecule has 0 saturated heterocycles. The SMILES string of the molecule is Cc1nc(CCCC(=O)NC(C)(CN)C(C)C)cs1.Cl.Cl. The summed E-state index contributed by atoms with van der Waals surface area (Å²) in [6, 6.07) is 0. The molecular formula is C14H27Cl2N3OS. The first-order chi connectivity index (χ1) is 8.87. The second-order valence-corrected chi connectivity index (χ2v) is 6.60. The van der Waals surface area contributed by atoms with Crippen molar-refractivity contribution in [2.45, 2.75) is 52.5 Å². The molecule has 1 aromatic rings. The van der Waals surface area contributed by atoms with E-state index in [1.165, 1.54) is 0 Å². The monoisotopic (exact) mass is 355 g/mol. The van der Waals surface area contributed by atoms with Gasteiger partial charge in [0.05, 0.1) is 16.2 Å². The van der Waals surface area contributed by atoms with Crippen molar-refractivity contribution in [1.29, 1.82) is 0 Å². The Balaban J connectivity index is 0. The minimum absolute atomic E-state index is 0. The molecule has 1 amide bonds. The van der Waals surface area contributed by atoms with Crippen molar-refractivity contribution >= 4 is 42.1 Å². The van der Waals surface area contributed by atoms with Gasteiger partial charge in [-0.1, -0.05) is 13.8 Å². The van der Waals surface area contributed by atoms with Crippen LogP contribution < -0.4 is 11.1 Å². The summed E-state index contributed by atoms with van der Waals surface area (Å²) in [5.74, 6) is 0.399. The van der Waals surface area contributed by atoms with Crippen molar-refractivity contribution in [2.24, 2.45) is 11.7 Å². The molecule has 4 nitrogen and oxygen atoms in total. The number of nitrogens with one attached hydrogen (secondary N) is 1. The van der Waals surface area contributed by atoms with E-state index in [0.717, 1.165) is 23.5 Å². The van der Waals surface area contributed by atoms with E-state index >= 15 is 0 Å². The van der Waals surface area contributed by atoms with Crippen LogP contribution in [0.5, 0.6) is 0 Å². The van der Waals surface area contributed by atoms with E-state index in [-0.39, 0.29) is 36.3 Å². The van der Waals surface area contributed by atoms with Crippen LogP contribution in [-0.2, 0) is 11.2 Å². The third-order valence-corrected chi connectivity index (χ3v) is 4.45. The summed E-state index contributed by atoms with van der Waals surface area (Å²) in [5.41, 5.74) is 6.53. The minimum atomic E-state index is -0.311. The Labute approximate surface area is 144 Å². The molecule has 0 aliphatic carbocycles. The Morgan fingerprint density at radius 1 is 1.48 bits per heavy atom. The average Bonchev–Trinajstić information content (AvgIpc) is 2.74. The van der Waals surface area contributed by atoms with E-state index < -0.39 is 0 Å². The highest BCUT2D eigenvalue weighted by Crippen LogP contribution is 2.15. The Morgan fingerprint density at radius 2 is 2.10 bits per heavy atom. The predicted molar refractivity (Wildman–Crippen MR) is 94.7 cm³/mol. The average molecular weight is 356 g/mol. The van der Waals surface area contributed by atoms with Crippen molar-refractivity contribution in [3.63, 3.8) is 0 Å². The smallest absolute Gasteiger partial charge is 0.220 e. The van der Waals surface area contributed by atoms with E-state index in [1.807, 2.05) is 13.8 Å². The molecule has 1 rings (SSSR count). The number of hydrogen-bond acceptors (Lipinski definition) is 4. The van der Waals surface area contributed by atoms with E-state index in [9.17, 15) is 4.79 Å². The first-order valence-electron chi connectivity index (χ1n) is 6.79. The second-order valence-electron chi connectivity index (χ2n) is 5.54. The fraction of sp³-hybridized carbons (Fsp3) is 0.714. The molecule has 0 saturated carbocycles. The normalized spacial score (nSPS) is 13.0. The lowest BCUT2D eigenvalue weighted by Gasteiger charge is -2.33. The van der Waals surface area contributed by atoms with Crippen LogP contribution in [0.1, 0.15) is 44.3 Å². The van der Waals surface area contributed by atoms with Crippen molar-refractivity contribution in [3.8, 4) is 0 Å². The largest absolute Gasteiger partial charge is 0.349 e. The fourth-order valence-electron chi connectivity index (χ4n) is 1.77. The summed E-state index contributed by atoms with van der Waals surface area (Å²) >= 11 is 1.65. The number of nitrogens with zero attached hydrogens (tertiary/aromatic N) is 1. The predicted octanol–water partition coefficient (Wildman–Crippen LogP) is 3.11. The Kier molecular flexibility index (Phi) is 11.3. The fourth-order valence-corrected chi connectivity index (χ4v) is 2.41. The molecule has 0 aromatic carbocycles. The standard InChI is InChI=1S/C14H25N3OS.2ClH/c1-10(2)14(4,9-15)17-13(18)7-5-6-12-8-19-11(3)16-12;;/h8,10H,5-7,9,15H2,1-4H3,(H,17,18);2*1H. The number of hydrogen-bond donors (Lipinski definition) is 2. The summed E-state index contributed by atoms with van der Waals surface area (Å²) in [4.78, 5) is 16.3. The van der Waals surface area contributed by atoms with Crippen LogP contribution >= 0.6 is 36.2 Å². The number of aromatic nitrogens is 1. The van der Waals surface area contributed by atoms with Crippen LogP contribution in [0.3, 0.4) is 0 Å². The zero-order chi connectivity index (χ0) is 14.5. The van der Waals surface area contributed by atoms with Gasteiger partial charge in [-0.25, -0.2) is 4.98 Å². The van der Waals surface area contributed by atoms with Gasteiger partial charge < -0.3 is 11.1 Å². The summed E-state index contributed by atoms with van der Waals surface area (Å²) in [5, 5.41) is 6.19. The third kappa shape index (κ3) is 7.45. The summed E-state index contributed by atoms with van der Waals surface area (Å²) < 4.78 is 0. The van der Waals surface area contributed by atoms with Gasteiger partial charge in [-0.05, 0) is 32.6 Å². The van der Waals surface area contributed by atoms with Crippen molar-refractivity contribution in [3.05, 3.63) is 16.1 Å². The summed E-state index contributed by atoms with van der Waals surface area (Å²) in [7, 11) is 0. The van der Waals surface area contributed by atoms with Gasteiger partial charge in [-0.2, -0.15) is 0 Å². The number of rotatable bonds is 7. The molecule has 21 heavy (non-hydrogen) atoms. The Morgan fingerprint density at radius 3 is 2.52 bits per heavy atom. The van der Waals surface area contributed by atoms with Gasteiger partial charge in [0, 0.05) is 18.3 Å². The molecule has 0 fully saturated rings. The number of nitrogens with two attached hydrogens (primary N) is 1. The molecule has 1 heterocycles. The lowest BCUT2D eigenvalue weighted by Crippen LogP contribution is -2.54. The maximum atomic E-state index is 11.9. The number of thiazole rings is 1. The Hall–Kier alpha value is -0.360. The maximum absolute atomic E-state index is 11.9. The van der Waals surface area contributed by atoms with Crippen LogP contribution in [0.15, 0.2) is 5.38 Å². The van der Waals surface area contributed by atoms with Crippen molar-refractivity contribution in [2.75, 3.05) is 6.54 Å². The molecule has 7 heteroatoms. The molecule has 0 aliphatic rings. The van der Waals surface area contributed by atoms with Crippen LogP contribution in [0.4, 0.5) is 0 Å². The van der Waals surface area contributed by atoms with Crippen LogP contribution in [0, 0.1) is 12.8 Å². The van der Waals surface area contributed by atoms with Gasteiger partial charge in [0.25, 0.3) is 0 Å². The third-order valence-electron chi connectivity index (χ3n) is 3.63. The summed E-state index contributed by atoms with van der Waals surface area (Å²) in [6.07, 6.45) is 2.21. The number of aryl methyl sites for hydroxylation is 2. The molecule has 0 spiro atoms. The van der Waals surface area contributed by atoms with E-state index in [4.69, 9.17) is 5.73 Å². The number of carbonyl (C=O) groups is 1. The first kappa shape index (κ1) is 22.9. The molecule has 0 aliphatic heterocycles. The van der Waals surface area contributed by atoms with Crippen LogP contribution in [-0.4, -0.2) is 23.0 Å². The molecule has 1 unspecified atom stereocenters. The number of carbonyl (C=O) groups excluding carboxylic acids is 1. The van der Waals surface area contributed by atoms with Gasteiger partial charge in [0.1, 0.15) is 0 Å². The van der Waals surface area contributed by atoms with Gasteiger partial charge in [-0.15, -0.1) is 36.2 Å². The van der Waals surface area contributed by atoms with Crippen molar-refractivity contribution < 1.29 is 4.79 Å². The van der Waals surface area contributed by atoms with Crippen molar-refractivity contribution in [1.82, 2.24) is 10.3 Å². The van der Waals surface area contributed by atoms with Gasteiger partial charge in [-0.3, -0.25) is 4.79 Å². The first-order valence-corrected chi connectivity index (χ1v) is 7.67. The van der Waals surface area contributed by atoms with Crippen LogP contribution in [0.2, 0.25) is 0 Å². The highest BCUT2D eigenvalue weighted by molar-refractivity contribution is 7.09.